The van der Waals surface area contributed by atoms with Crippen molar-refractivity contribution in [1.29, 1.82) is 0 Å². The molecule has 0 N–H and O–H groups in total. The lowest BCUT2D eigenvalue weighted by Gasteiger charge is -2.17. The number of rotatable bonds is 6. The highest BCUT2D eigenvalue weighted by molar-refractivity contribution is 5.76. The Morgan fingerprint density at radius 3 is 2.54 bits per heavy atom. The Hall–Kier alpha value is -2.31. The summed E-state index contributed by atoms with van der Waals surface area (Å²) in [6, 6.07) is 7.73. The molecule has 7 heteroatoms. The van der Waals surface area contributed by atoms with E-state index >= 15 is 0 Å². The lowest BCUT2D eigenvalue weighted by molar-refractivity contribution is -0.144. The summed E-state index contributed by atoms with van der Waals surface area (Å²) in [4.78, 5) is 17.0. The van der Waals surface area contributed by atoms with Crippen LogP contribution >= 0.6 is 0 Å². The van der Waals surface area contributed by atoms with E-state index in [0.717, 1.165) is 16.0 Å². The van der Waals surface area contributed by atoms with E-state index in [-0.39, 0.29) is 25.3 Å². The summed E-state index contributed by atoms with van der Waals surface area (Å²) in [7, 11) is 1.36. The lowest BCUT2D eigenvalue weighted by Crippen LogP contribution is -2.30. The van der Waals surface area contributed by atoms with Crippen LogP contribution in [-0.4, -0.2) is 35.6 Å². The van der Waals surface area contributed by atoms with Gasteiger partial charge in [0, 0.05) is 32.0 Å². The minimum absolute atomic E-state index is 0.0577. The fourth-order valence-corrected chi connectivity index (χ4v) is 2.10. The van der Waals surface area contributed by atoms with Gasteiger partial charge in [0.25, 0.3) is 0 Å². The van der Waals surface area contributed by atoms with Crippen molar-refractivity contribution in [3.8, 4) is 11.3 Å². The highest BCUT2D eigenvalue weighted by Crippen LogP contribution is 2.22. The van der Waals surface area contributed by atoms with Crippen molar-refractivity contribution in [2.75, 3.05) is 13.6 Å². The number of aromatic nitrogens is 1. The quantitative estimate of drug-likeness (QED) is 0.799. The van der Waals surface area contributed by atoms with E-state index in [4.69, 9.17) is 4.42 Å². The second-order valence-corrected chi connectivity index (χ2v) is 5.66. The van der Waals surface area contributed by atoms with E-state index in [2.05, 4.69) is 4.98 Å². The zero-order valence-electron chi connectivity index (χ0n) is 13.6. The number of carbonyl (C=O) groups is 1. The van der Waals surface area contributed by atoms with Crippen molar-refractivity contribution in [1.82, 2.24) is 9.88 Å². The molecule has 0 saturated carbocycles. The average Bonchev–Trinajstić information content (AvgIpc) is 2.99. The molecule has 0 aliphatic rings. The number of aryl methyl sites for hydroxylation is 2. The minimum Gasteiger partial charge on any atom is -0.441 e. The Bertz CT molecular complexity index is 678. The monoisotopic (exact) mass is 340 g/mol. The largest absolute Gasteiger partial charge is 0.441 e. The minimum atomic E-state index is -4.26. The molecule has 0 saturated heterocycles. The van der Waals surface area contributed by atoms with E-state index in [9.17, 15) is 18.0 Å². The lowest BCUT2D eigenvalue weighted by atomic mass is 10.1. The fraction of sp³-hybridized carbons (Fsp3) is 0.412. The van der Waals surface area contributed by atoms with Gasteiger partial charge in [-0.2, -0.15) is 13.2 Å². The molecule has 24 heavy (non-hydrogen) atoms. The van der Waals surface area contributed by atoms with Crippen LogP contribution in [0.1, 0.15) is 24.3 Å². The summed E-state index contributed by atoms with van der Waals surface area (Å²) in [6.07, 6.45) is -3.38. The van der Waals surface area contributed by atoms with Gasteiger partial charge in [-0.05, 0) is 6.92 Å². The van der Waals surface area contributed by atoms with Gasteiger partial charge in [0.05, 0.1) is 12.6 Å². The molecule has 1 amide bonds. The molecule has 0 spiro atoms. The maximum Gasteiger partial charge on any atom is 0.390 e. The molecule has 0 fully saturated rings. The van der Waals surface area contributed by atoms with E-state index < -0.39 is 12.6 Å². The second-order valence-electron chi connectivity index (χ2n) is 5.66. The van der Waals surface area contributed by atoms with Gasteiger partial charge in [-0.1, -0.05) is 29.8 Å². The zero-order chi connectivity index (χ0) is 17.7. The normalized spacial score (nSPS) is 11.5. The smallest absolute Gasteiger partial charge is 0.390 e. The first kappa shape index (κ1) is 18.0. The Morgan fingerprint density at radius 1 is 1.25 bits per heavy atom. The summed E-state index contributed by atoms with van der Waals surface area (Å²) in [5, 5.41) is 0. The fourth-order valence-electron chi connectivity index (χ4n) is 2.10. The van der Waals surface area contributed by atoms with E-state index in [1.54, 1.807) is 6.20 Å². The molecule has 1 heterocycles. The van der Waals surface area contributed by atoms with E-state index in [1.807, 2.05) is 31.2 Å². The van der Waals surface area contributed by atoms with Gasteiger partial charge in [-0.25, -0.2) is 4.98 Å². The maximum atomic E-state index is 12.2. The molecule has 0 aliphatic carbocycles. The van der Waals surface area contributed by atoms with Gasteiger partial charge >= 0.3 is 6.18 Å². The first-order chi connectivity index (χ1) is 11.2. The number of halogens is 3. The van der Waals surface area contributed by atoms with Gasteiger partial charge in [0.2, 0.25) is 5.91 Å². The second kappa shape index (κ2) is 7.51. The predicted molar refractivity (Wildman–Crippen MR) is 83.3 cm³/mol. The number of hydrogen-bond donors (Lipinski definition) is 0. The SMILES string of the molecule is Cc1ccc(-c2cnc(CCC(=O)N(C)CCC(F)(F)F)o2)cc1. The molecule has 130 valence electrons. The van der Waals surface area contributed by atoms with Crippen LogP contribution in [0.5, 0.6) is 0 Å². The molecule has 1 aromatic carbocycles. The number of alkyl halides is 3. The highest BCUT2D eigenvalue weighted by atomic mass is 19.4. The standard InChI is InChI=1S/C17H19F3N2O2/c1-12-3-5-13(6-4-12)14-11-21-15(24-14)7-8-16(23)22(2)10-9-17(18,19)20/h3-6,11H,7-10H2,1-2H3. The van der Waals surface area contributed by atoms with Gasteiger partial charge < -0.3 is 9.32 Å². The van der Waals surface area contributed by atoms with Crippen LogP contribution in [0.25, 0.3) is 11.3 Å². The molecular formula is C17H19F3N2O2. The summed E-state index contributed by atoms with van der Waals surface area (Å²) < 4.78 is 42.1. The Morgan fingerprint density at radius 2 is 1.92 bits per heavy atom. The van der Waals surface area contributed by atoms with Crippen LogP contribution in [0.4, 0.5) is 13.2 Å². The molecule has 0 unspecified atom stereocenters. The first-order valence-corrected chi connectivity index (χ1v) is 7.57. The molecule has 0 aliphatic heterocycles. The summed E-state index contributed by atoms with van der Waals surface area (Å²) in [5.74, 6) is 0.625. The van der Waals surface area contributed by atoms with Gasteiger partial charge in [0.15, 0.2) is 11.7 Å². The van der Waals surface area contributed by atoms with Gasteiger partial charge in [-0.3, -0.25) is 4.79 Å². The van der Waals surface area contributed by atoms with Crippen molar-refractivity contribution in [2.45, 2.75) is 32.4 Å². The average molecular weight is 340 g/mol. The number of amides is 1. The number of hydrogen-bond acceptors (Lipinski definition) is 3. The van der Waals surface area contributed by atoms with Crippen LogP contribution in [0.3, 0.4) is 0 Å². The maximum absolute atomic E-state index is 12.2. The molecule has 2 rings (SSSR count). The van der Waals surface area contributed by atoms with E-state index in [1.165, 1.54) is 7.05 Å². The van der Waals surface area contributed by atoms with Crippen molar-refractivity contribution in [3.63, 3.8) is 0 Å². The molecule has 0 radical (unpaired) electrons. The Kier molecular flexibility index (Phi) is 5.64. The third-order valence-electron chi connectivity index (χ3n) is 3.60. The third kappa shape index (κ3) is 5.40. The van der Waals surface area contributed by atoms with Crippen molar-refractivity contribution in [3.05, 3.63) is 41.9 Å². The number of carbonyl (C=O) groups excluding carboxylic acids is 1. The van der Waals surface area contributed by atoms with Gasteiger partial charge in [0.1, 0.15) is 0 Å². The van der Waals surface area contributed by atoms with Crippen molar-refractivity contribution < 1.29 is 22.4 Å². The number of nitrogens with zero attached hydrogens (tertiary/aromatic N) is 2. The molecule has 0 bridgehead atoms. The summed E-state index contributed by atoms with van der Waals surface area (Å²) in [6.45, 7) is 1.64. The number of benzene rings is 1. The van der Waals surface area contributed by atoms with E-state index in [0.29, 0.717) is 11.7 Å². The van der Waals surface area contributed by atoms with Crippen molar-refractivity contribution >= 4 is 5.91 Å². The predicted octanol–water partition coefficient (Wildman–Crippen LogP) is 3.99. The Balaban J connectivity index is 1.86. The molecular weight excluding hydrogens is 321 g/mol. The summed E-state index contributed by atoms with van der Waals surface area (Å²) in [5.41, 5.74) is 2.01. The first-order valence-electron chi connectivity index (χ1n) is 7.57. The van der Waals surface area contributed by atoms with Crippen molar-refractivity contribution in [2.24, 2.45) is 0 Å². The third-order valence-corrected chi connectivity index (χ3v) is 3.60. The van der Waals surface area contributed by atoms with Crippen LogP contribution < -0.4 is 0 Å². The zero-order valence-corrected chi connectivity index (χ0v) is 13.6. The molecule has 2 aromatic rings. The summed E-state index contributed by atoms with van der Waals surface area (Å²) >= 11 is 0. The molecule has 4 nitrogen and oxygen atoms in total. The molecule has 0 atom stereocenters. The molecule has 1 aromatic heterocycles. The Labute approximate surface area is 138 Å². The highest BCUT2D eigenvalue weighted by Gasteiger charge is 2.28. The van der Waals surface area contributed by atoms with Crippen LogP contribution in [0.2, 0.25) is 0 Å². The van der Waals surface area contributed by atoms with Gasteiger partial charge in [-0.15, -0.1) is 0 Å². The van der Waals surface area contributed by atoms with Crippen LogP contribution in [0.15, 0.2) is 34.9 Å². The van der Waals surface area contributed by atoms with Crippen LogP contribution in [0, 0.1) is 6.92 Å². The topological polar surface area (TPSA) is 46.3 Å². The number of oxazole rings is 1. The van der Waals surface area contributed by atoms with Crippen LogP contribution in [-0.2, 0) is 11.2 Å².